The number of hydrogen-bond acceptors (Lipinski definition) is 5. The number of nitriles is 1. The molecule has 1 saturated heterocycles. The summed E-state index contributed by atoms with van der Waals surface area (Å²) in [6, 6.07) is 7.14. The van der Waals surface area contributed by atoms with Gasteiger partial charge >= 0.3 is 12.1 Å². The minimum absolute atomic E-state index is 0.0487. The molecule has 0 spiro atoms. The van der Waals surface area contributed by atoms with Gasteiger partial charge in [-0.3, -0.25) is 14.4 Å². The number of amides is 3. The quantitative estimate of drug-likeness (QED) is 0.501. The van der Waals surface area contributed by atoms with Crippen LogP contribution in [0.2, 0.25) is 0 Å². The van der Waals surface area contributed by atoms with Gasteiger partial charge in [-0.05, 0) is 54.1 Å². The maximum absolute atomic E-state index is 15.0. The Labute approximate surface area is 240 Å². The number of rotatable bonds is 6. The smallest absolute Gasteiger partial charge is 0.336 e. The molecule has 224 valence electrons. The molecule has 3 amide bonds. The van der Waals surface area contributed by atoms with Crippen LogP contribution in [0.15, 0.2) is 42.7 Å². The van der Waals surface area contributed by atoms with Crippen LogP contribution in [0.1, 0.15) is 45.2 Å². The van der Waals surface area contributed by atoms with Crippen molar-refractivity contribution in [1.29, 1.82) is 5.26 Å². The molecule has 1 unspecified atom stereocenters. The Morgan fingerprint density at radius 1 is 1.07 bits per heavy atom. The summed E-state index contributed by atoms with van der Waals surface area (Å²) >= 11 is 0. The lowest BCUT2D eigenvalue weighted by atomic mass is 9.77. The first-order chi connectivity index (χ1) is 19.7. The lowest BCUT2D eigenvalue weighted by Gasteiger charge is -2.37. The van der Waals surface area contributed by atoms with Crippen molar-refractivity contribution in [1.82, 2.24) is 25.3 Å². The third-order valence-electron chi connectivity index (χ3n) is 8.84. The molecule has 2 N–H and O–H groups in total. The van der Waals surface area contributed by atoms with Crippen molar-refractivity contribution in [3.05, 3.63) is 48.3 Å². The van der Waals surface area contributed by atoms with E-state index in [0.29, 0.717) is 18.4 Å². The van der Waals surface area contributed by atoms with Crippen molar-refractivity contribution in [3.8, 4) is 11.8 Å². The summed E-state index contributed by atoms with van der Waals surface area (Å²) in [7, 11) is 0. The molecule has 2 aliphatic carbocycles. The summed E-state index contributed by atoms with van der Waals surface area (Å²) in [5, 5.41) is 18.7. The highest BCUT2D eigenvalue weighted by Gasteiger charge is 2.63. The van der Waals surface area contributed by atoms with Crippen molar-refractivity contribution in [2.45, 2.75) is 64.1 Å². The number of benzene rings is 1. The number of alkyl halides is 4. The fraction of sp³-hybridized carbons (Fsp3) is 0.552. The van der Waals surface area contributed by atoms with Crippen molar-refractivity contribution in [2.24, 2.45) is 29.1 Å². The van der Waals surface area contributed by atoms with Gasteiger partial charge in [0, 0.05) is 18.3 Å². The highest BCUT2D eigenvalue weighted by atomic mass is 19.4. The maximum Gasteiger partial charge on any atom is 0.471 e. The third-order valence-corrected chi connectivity index (χ3v) is 8.84. The lowest BCUT2D eigenvalue weighted by Crippen LogP contribution is -2.60. The fourth-order valence-electron chi connectivity index (χ4n) is 6.92. The Morgan fingerprint density at radius 2 is 1.76 bits per heavy atom. The summed E-state index contributed by atoms with van der Waals surface area (Å²) in [6.45, 7) is 4.58. The standard InChI is InChI=1S/C29H32F4N6O3/c1-28(2,3)24(37-27(42)29(31,32)33)26(41)38-14-19-15-9-18(20(30)10-15)22(19)23(38)25(40)36-21(11-34)16-12-35-39(13-16)17-7-5-4-6-8-17/h4-8,12-13,15,18-24H,9-10,14H2,1-3H3,(H,36,40)(H,37,42)/t15-,18+,19-,20-,21?,22+,23+,24-/m1/s1. The van der Waals surface area contributed by atoms with Gasteiger partial charge in [0.2, 0.25) is 11.8 Å². The van der Waals surface area contributed by atoms with E-state index in [1.165, 1.54) is 36.5 Å². The van der Waals surface area contributed by atoms with Crippen LogP contribution in [0, 0.1) is 40.4 Å². The number of carbonyl (C=O) groups excluding carboxylic acids is 3. The van der Waals surface area contributed by atoms with Gasteiger partial charge in [-0.1, -0.05) is 39.0 Å². The minimum Gasteiger partial charge on any atom is -0.336 e. The largest absolute Gasteiger partial charge is 0.471 e. The van der Waals surface area contributed by atoms with Crippen LogP contribution in [0.25, 0.3) is 5.69 Å². The Hall–Kier alpha value is -3.95. The van der Waals surface area contributed by atoms with E-state index in [1.807, 2.05) is 41.7 Å². The summed E-state index contributed by atoms with van der Waals surface area (Å²) < 4.78 is 56.0. The topological polar surface area (TPSA) is 120 Å². The average Bonchev–Trinajstić information content (AvgIpc) is 3.70. The second-order valence-corrected chi connectivity index (χ2v) is 12.5. The van der Waals surface area contributed by atoms with E-state index in [-0.39, 0.29) is 18.4 Å². The van der Waals surface area contributed by atoms with Crippen LogP contribution in [-0.4, -0.2) is 63.4 Å². The molecule has 2 heterocycles. The molecule has 42 heavy (non-hydrogen) atoms. The third kappa shape index (κ3) is 5.34. The Morgan fingerprint density at radius 3 is 2.38 bits per heavy atom. The zero-order chi connectivity index (χ0) is 30.6. The first kappa shape index (κ1) is 29.5. The van der Waals surface area contributed by atoms with E-state index in [1.54, 1.807) is 6.20 Å². The van der Waals surface area contributed by atoms with Gasteiger partial charge in [0.1, 0.15) is 24.3 Å². The van der Waals surface area contributed by atoms with Gasteiger partial charge in [0.05, 0.1) is 18.0 Å². The van der Waals surface area contributed by atoms with Gasteiger partial charge in [0.25, 0.3) is 0 Å². The number of likely N-dealkylation sites (tertiary alicyclic amines) is 1. The Balaban J connectivity index is 1.43. The number of fused-ring (bicyclic) bond motifs is 5. The zero-order valence-electron chi connectivity index (χ0n) is 23.3. The molecule has 2 saturated carbocycles. The molecule has 3 aliphatic rings. The van der Waals surface area contributed by atoms with Gasteiger partial charge in [-0.25, -0.2) is 9.07 Å². The van der Waals surface area contributed by atoms with E-state index in [4.69, 9.17) is 0 Å². The number of halogens is 4. The van der Waals surface area contributed by atoms with E-state index in [2.05, 4.69) is 10.4 Å². The van der Waals surface area contributed by atoms with E-state index >= 15 is 0 Å². The van der Waals surface area contributed by atoms with Crippen molar-refractivity contribution in [2.75, 3.05) is 6.54 Å². The highest BCUT2D eigenvalue weighted by Crippen LogP contribution is 2.58. The molecule has 5 rings (SSSR count). The summed E-state index contributed by atoms with van der Waals surface area (Å²) in [4.78, 5) is 40.8. The second kappa shape index (κ2) is 10.7. The van der Waals surface area contributed by atoms with Crippen LogP contribution >= 0.6 is 0 Å². The Bertz CT molecular complexity index is 1400. The van der Waals surface area contributed by atoms with Crippen molar-refractivity contribution in [3.63, 3.8) is 0 Å². The van der Waals surface area contributed by atoms with E-state index in [9.17, 15) is 37.2 Å². The molecule has 1 aromatic carbocycles. The van der Waals surface area contributed by atoms with Crippen LogP contribution in [0.3, 0.4) is 0 Å². The lowest BCUT2D eigenvalue weighted by molar-refractivity contribution is -0.176. The fourth-order valence-corrected chi connectivity index (χ4v) is 6.92. The summed E-state index contributed by atoms with van der Waals surface area (Å²) in [5.41, 5.74) is -0.0322. The van der Waals surface area contributed by atoms with Crippen LogP contribution in [0.4, 0.5) is 17.6 Å². The molecule has 13 heteroatoms. The first-order valence-corrected chi connectivity index (χ1v) is 13.8. The normalized spacial score (nSPS) is 28.1. The number of aromatic nitrogens is 2. The number of nitrogens with one attached hydrogen (secondary N) is 2. The average molecular weight is 589 g/mol. The van der Waals surface area contributed by atoms with Gasteiger partial charge in [-0.2, -0.15) is 23.5 Å². The number of carbonyl (C=O) groups is 3. The van der Waals surface area contributed by atoms with Crippen molar-refractivity contribution >= 4 is 17.7 Å². The monoisotopic (exact) mass is 588 g/mol. The van der Waals surface area contributed by atoms with Crippen LogP contribution in [-0.2, 0) is 14.4 Å². The highest BCUT2D eigenvalue weighted by molar-refractivity contribution is 5.94. The minimum atomic E-state index is -5.22. The van der Waals surface area contributed by atoms with E-state index < -0.39 is 65.4 Å². The molecule has 3 fully saturated rings. The summed E-state index contributed by atoms with van der Waals surface area (Å²) in [6.07, 6.45) is -2.51. The number of hydrogen-bond donors (Lipinski definition) is 2. The van der Waals surface area contributed by atoms with Gasteiger partial charge < -0.3 is 15.5 Å². The molecule has 2 aromatic rings. The predicted molar refractivity (Wildman–Crippen MR) is 141 cm³/mol. The molecule has 8 atom stereocenters. The van der Waals surface area contributed by atoms with Crippen molar-refractivity contribution < 1.29 is 31.9 Å². The zero-order valence-corrected chi connectivity index (χ0v) is 23.3. The molecule has 0 radical (unpaired) electrons. The maximum atomic E-state index is 15.0. The molecule has 9 nitrogen and oxygen atoms in total. The van der Waals surface area contributed by atoms with Crippen LogP contribution in [0.5, 0.6) is 0 Å². The molecule has 1 aromatic heterocycles. The van der Waals surface area contributed by atoms with Crippen LogP contribution < -0.4 is 10.6 Å². The summed E-state index contributed by atoms with van der Waals surface area (Å²) in [5.74, 6) is -5.17. The number of para-hydroxylation sites is 1. The first-order valence-electron chi connectivity index (χ1n) is 13.8. The van der Waals surface area contributed by atoms with E-state index in [0.717, 1.165) is 5.69 Å². The van der Waals surface area contributed by atoms with Gasteiger partial charge in [-0.15, -0.1) is 0 Å². The van der Waals surface area contributed by atoms with Gasteiger partial charge in [0.15, 0.2) is 0 Å². The second-order valence-electron chi connectivity index (χ2n) is 12.5. The predicted octanol–water partition coefficient (Wildman–Crippen LogP) is 3.47. The molecule has 2 bridgehead atoms. The molecular formula is C29H32F4N6O3. The number of nitrogens with zero attached hydrogens (tertiary/aromatic N) is 4. The molecular weight excluding hydrogens is 556 g/mol. The molecule has 1 aliphatic heterocycles. The Kier molecular flexibility index (Phi) is 7.53. The SMILES string of the molecule is CC(C)(C)[C@H](NC(=O)C(F)(F)F)C(=O)N1C[C@@H]2[C@@H]3C[C@H]([C@@H]2[C@H]1C(=O)NC(C#N)c1cnn(-c2ccccc2)c1)[C@H](F)C3.